The molecule has 1 unspecified atom stereocenters. The van der Waals surface area contributed by atoms with Crippen LogP contribution < -0.4 is 24.8 Å². The van der Waals surface area contributed by atoms with Crippen LogP contribution in [0.1, 0.15) is 29.5 Å². The van der Waals surface area contributed by atoms with Gasteiger partial charge in [0.05, 0.1) is 21.3 Å². The monoisotopic (exact) mass is 527 g/mol. The first kappa shape index (κ1) is 25.9. The second-order valence-corrected chi connectivity index (χ2v) is 6.94. The van der Waals surface area contributed by atoms with Gasteiger partial charge in [-0.05, 0) is 30.9 Å². The van der Waals surface area contributed by atoms with Crippen molar-refractivity contribution < 1.29 is 14.2 Å². The van der Waals surface area contributed by atoms with Gasteiger partial charge in [0, 0.05) is 25.7 Å². The van der Waals surface area contributed by atoms with Gasteiger partial charge in [-0.15, -0.1) is 24.0 Å². The average molecular weight is 527 g/mol. The molecule has 30 heavy (non-hydrogen) atoms. The molecule has 0 bridgehead atoms. The highest BCUT2D eigenvalue weighted by molar-refractivity contribution is 14.0. The summed E-state index contributed by atoms with van der Waals surface area (Å²) in [6.07, 6.45) is 0.762. The summed E-state index contributed by atoms with van der Waals surface area (Å²) in [5.41, 5.74) is 3.64. The summed E-state index contributed by atoms with van der Waals surface area (Å²) in [5.74, 6) is 3.14. The van der Waals surface area contributed by atoms with E-state index in [1.807, 2.05) is 12.1 Å². The van der Waals surface area contributed by atoms with Crippen molar-refractivity contribution in [2.45, 2.75) is 26.2 Å². The van der Waals surface area contributed by atoms with Gasteiger partial charge in [0.2, 0.25) is 5.75 Å². The van der Waals surface area contributed by atoms with Crippen LogP contribution in [0, 0.1) is 6.92 Å². The lowest BCUT2D eigenvalue weighted by Gasteiger charge is -2.18. The molecule has 2 aromatic carbocycles. The zero-order valence-corrected chi connectivity index (χ0v) is 21.1. The van der Waals surface area contributed by atoms with Gasteiger partial charge in [-0.3, -0.25) is 4.99 Å². The highest BCUT2D eigenvalue weighted by Gasteiger charge is 2.15. The number of aliphatic imine (C=N–C) groups is 1. The lowest BCUT2D eigenvalue weighted by molar-refractivity contribution is 0.322. The number of guanidine groups is 1. The van der Waals surface area contributed by atoms with Crippen LogP contribution in [0.2, 0.25) is 0 Å². The van der Waals surface area contributed by atoms with Crippen molar-refractivity contribution in [3.63, 3.8) is 0 Å². The van der Waals surface area contributed by atoms with Crippen LogP contribution in [-0.2, 0) is 6.42 Å². The third-order valence-corrected chi connectivity index (χ3v) is 4.88. The Hall–Kier alpha value is -2.16. The zero-order valence-electron chi connectivity index (χ0n) is 18.7. The standard InChI is InChI=1S/C23H33N3O3.HI/c1-16-8-7-9-19(14-16)17(2)15-26-23(24-3)25-13-12-18-10-11-20(27-4)22(29-6)21(18)28-5;/h7-11,14,17H,12-13,15H2,1-6H3,(H2,24,25,26);1H. The van der Waals surface area contributed by atoms with E-state index in [-0.39, 0.29) is 24.0 Å². The SMILES string of the molecule is CN=C(NCCc1ccc(OC)c(OC)c1OC)NCC(C)c1cccc(C)c1.I. The van der Waals surface area contributed by atoms with Crippen LogP contribution in [0.3, 0.4) is 0 Å². The molecule has 2 aromatic rings. The maximum Gasteiger partial charge on any atom is 0.203 e. The molecule has 6 nitrogen and oxygen atoms in total. The van der Waals surface area contributed by atoms with Crippen LogP contribution in [0.4, 0.5) is 0 Å². The molecule has 2 N–H and O–H groups in total. The lowest BCUT2D eigenvalue weighted by atomic mass is 9.99. The van der Waals surface area contributed by atoms with Crippen LogP contribution in [0.25, 0.3) is 0 Å². The first-order valence-electron chi connectivity index (χ1n) is 9.82. The Morgan fingerprint density at radius 1 is 1.00 bits per heavy atom. The molecule has 0 fully saturated rings. The summed E-state index contributed by atoms with van der Waals surface area (Å²) >= 11 is 0. The van der Waals surface area contributed by atoms with E-state index in [0.29, 0.717) is 29.7 Å². The molecule has 0 aliphatic rings. The summed E-state index contributed by atoms with van der Waals surface area (Å²) in [6, 6.07) is 12.5. The first-order chi connectivity index (χ1) is 14.0. The number of halogens is 1. The molecule has 0 saturated heterocycles. The number of benzene rings is 2. The summed E-state index contributed by atoms with van der Waals surface area (Å²) in [5, 5.41) is 6.77. The second kappa shape index (κ2) is 13.2. The third-order valence-electron chi connectivity index (χ3n) is 4.88. The predicted octanol–water partition coefficient (Wildman–Crippen LogP) is 4.15. The van der Waals surface area contributed by atoms with Gasteiger partial charge in [-0.25, -0.2) is 0 Å². The lowest BCUT2D eigenvalue weighted by Crippen LogP contribution is -2.39. The van der Waals surface area contributed by atoms with Gasteiger partial charge in [0.1, 0.15) is 0 Å². The van der Waals surface area contributed by atoms with E-state index in [1.165, 1.54) is 11.1 Å². The normalized spacial score (nSPS) is 11.9. The number of hydrogen-bond donors (Lipinski definition) is 2. The Kier molecular flexibility index (Phi) is 11.4. The van der Waals surface area contributed by atoms with Crippen LogP contribution in [0.15, 0.2) is 41.4 Å². The second-order valence-electron chi connectivity index (χ2n) is 6.94. The van der Waals surface area contributed by atoms with Crippen molar-refractivity contribution in [2.75, 3.05) is 41.5 Å². The Morgan fingerprint density at radius 3 is 2.33 bits per heavy atom. The number of rotatable bonds is 9. The quantitative estimate of drug-likeness (QED) is 0.292. The number of methoxy groups -OCH3 is 3. The van der Waals surface area contributed by atoms with E-state index in [1.54, 1.807) is 28.4 Å². The Balaban J connectivity index is 0.00000450. The molecule has 1 atom stereocenters. The van der Waals surface area contributed by atoms with E-state index in [9.17, 15) is 0 Å². The number of ether oxygens (including phenoxy) is 3. The fourth-order valence-corrected chi connectivity index (χ4v) is 3.24. The topological polar surface area (TPSA) is 64.1 Å². The molecule has 0 spiro atoms. The van der Waals surface area contributed by atoms with E-state index < -0.39 is 0 Å². The third kappa shape index (κ3) is 6.97. The van der Waals surface area contributed by atoms with Gasteiger partial charge in [-0.2, -0.15) is 0 Å². The highest BCUT2D eigenvalue weighted by atomic mass is 127. The number of nitrogens with one attached hydrogen (secondary N) is 2. The van der Waals surface area contributed by atoms with E-state index >= 15 is 0 Å². The maximum absolute atomic E-state index is 5.55. The van der Waals surface area contributed by atoms with E-state index in [4.69, 9.17) is 14.2 Å². The molecule has 0 radical (unpaired) electrons. The van der Waals surface area contributed by atoms with Crippen molar-refractivity contribution in [2.24, 2.45) is 4.99 Å². The first-order valence-corrected chi connectivity index (χ1v) is 9.82. The minimum absolute atomic E-state index is 0. The molecule has 0 amide bonds. The molecule has 0 aliphatic heterocycles. The Bertz CT molecular complexity index is 827. The van der Waals surface area contributed by atoms with Gasteiger partial charge < -0.3 is 24.8 Å². The van der Waals surface area contributed by atoms with Gasteiger partial charge in [-0.1, -0.05) is 42.8 Å². The van der Waals surface area contributed by atoms with Crippen molar-refractivity contribution in [1.82, 2.24) is 10.6 Å². The summed E-state index contributed by atoms with van der Waals surface area (Å²) in [4.78, 5) is 4.32. The molecule has 7 heteroatoms. The van der Waals surface area contributed by atoms with Crippen molar-refractivity contribution in [3.8, 4) is 17.2 Å². The fourth-order valence-electron chi connectivity index (χ4n) is 3.24. The van der Waals surface area contributed by atoms with Gasteiger partial charge in [0.25, 0.3) is 0 Å². The minimum atomic E-state index is 0. The van der Waals surface area contributed by atoms with Crippen LogP contribution in [-0.4, -0.2) is 47.4 Å². The predicted molar refractivity (Wildman–Crippen MR) is 134 cm³/mol. The van der Waals surface area contributed by atoms with E-state index in [0.717, 1.165) is 24.5 Å². The molecule has 0 aromatic heterocycles. The van der Waals surface area contributed by atoms with Crippen LogP contribution in [0.5, 0.6) is 17.2 Å². The number of hydrogen-bond acceptors (Lipinski definition) is 4. The van der Waals surface area contributed by atoms with Crippen molar-refractivity contribution in [1.29, 1.82) is 0 Å². The molecule has 0 saturated carbocycles. The maximum atomic E-state index is 5.55. The average Bonchev–Trinajstić information content (AvgIpc) is 2.75. The summed E-state index contributed by atoms with van der Waals surface area (Å²) in [7, 11) is 6.65. The summed E-state index contributed by atoms with van der Waals surface area (Å²) in [6.45, 7) is 5.85. The largest absolute Gasteiger partial charge is 0.493 e. The molecule has 0 heterocycles. The summed E-state index contributed by atoms with van der Waals surface area (Å²) < 4.78 is 16.4. The molecule has 2 rings (SSSR count). The molecular formula is C23H34IN3O3. The smallest absolute Gasteiger partial charge is 0.203 e. The Morgan fingerprint density at radius 2 is 1.73 bits per heavy atom. The van der Waals surface area contributed by atoms with Crippen molar-refractivity contribution >= 4 is 29.9 Å². The van der Waals surface area contributed by atoms with Crippen LogP contribution >= 0.6 is 24.0 Å². The van der Waals surface area contributed by atoms with E-state index in [2.05, 4.69) is 53.7 Å². The van der Waals surface area contributed by atoms with Gasteiger partial charge in [0.15, 0.2) is 17.5 Å². The fraction of sp³-hybridized carbons (Fsp3) is 0.435. The minimum Gasteiger partial charge on any atom is -0.493 e. The van der Waals surface area contributed by atoms with Gasteiger partial charge >= 0.3 is 0 Å². The highest BCUT2D eigenvalue weighted by Crippen LogP contribution is 2.39. The zero-order chi connectivity index (χ0) is 21.2. The number of aryl methyl sites for hydroxylation is 1. The van der Waals surface area contributed by atoms with Crippen molar-refractivity contribution in [3.05, 3.63) is 53.1 Å². The molecule has 0 aliphatic carbocycles. The number of nitrogens with zero attached hydrogens (tertiary/aromatic N) is 1. The molecular weight excluding hydrogens is 493 g/mol. The molecule has 166 valence electrons. The Labute approximate surface area is 197 Å².